The Hall–Kier alpha value is -1.15. The molecule has 0 radical (unpaired) electrons. The monoisotopic (exact) mass is 178 g/mol. The maximum absolute atomic E-state index is 11.0. The summed E-state index contributed by atoms with van der Waals surface area (Å²) >= 11 is 0. The lowest BCUT2D eigenvalue weighted by atomic mass is 9.96. The van der Waals surface area contributed by atoms with Crippen LogP contribution in [0.5, 0.6) is 0 Å². The number of benzene rings is 1. The van der Waals surface area contributed by atoms with Crippen LogP contribution in [0, 0.1) is 0 Å². The summed E-state index contributed by atoms with van der Waals surface area (Å²) in [6.45, 7) is 4.92. The topological polar surface area (TPSA) is 37.3 Å². The summed E-state index contributed by atoms with van der Waals surface area (Å²) in [6, 6.07) is 7.07. The van der Waals surface area contributed by atoms with Crippen molar-refractivity contribution in [3.05, 3.63) is 35.4 Å². The van der Waals surface area contributed by atoms with E-state index in [1.807, 2.05) is 6.07 Å². The number of carbonyl (C=O) groups excluding carboxylic acids is 1. The Labute approximate surface area is 78.2 Å². The molecule has 0 aliphatic rings. The van der Waals surface area contributed by atoms with E-state index in [1.165, 1.54) is 6.92 Å². The second kappa shape index (κ2) is 3.30. The van der Waals surface area contributed by atoms with E-state index in [1.54, 1.807) is 32.0 Å². The molecule has 0 fully saturated rings. The minimum Gasteiger partial charge on any atom is -0.386 e. The van der Waals surface area contributed by atoms with Crippen molar-refractivity contribution in [1.29, 1.82) is 0 Å². The number of hydrogen-bond donors (Lipinski definition) is 1. The Morgan fingerprint density at radius 1 is 1.38 bits per heavy atom. The smallest absolute Gasteiger partial charge is 0.159 e. The Morgan fingerprint density at radius 3 is 2.46 bits per heavy atom. The molecule has 1 aromatic carbocycles. The quantitative estimate of drug-likeness (QED) is 0.704. The van der Waals surface area contributed by atoms with E-state index in [2.05, 4.69) is 0 Å². The number of rotatable bonds is 2. The molecule has 70 valence electrons. The van der Waals surface area contributed by atoms with Crippen molar-refractivity contribution < 1.29 is 9.90 Å². The van der Waals surface area contributed by atoms with E-state index in [-0.39, 0.29) is 5.78 Å². The zero-order chi connectivity index (χ0) is 10.1. The molecule has 0 spiro atoms. The number of hydrogen-bond acceptors (Lipinski definition) is 2. The fourth-order valence-corrected chi connectivity index (χ4v) is 1.12. The number of aliphatic hydroxyl groups is 1. The predicted molar refractivity (Wildman–Crippen MR) is 51.7 cm³/mol. The van der Waals surface area contributed by atoms with Crippen LogP contribution >= 0.6 is 0 Å². The van der Waals surface area contributed by atoms with Gasteiger partial charge < -0.3 is 5.11 Å². The molecular weight excluding hydrogens is 164 g/mol. The number of ketones is 1. The molecule has 1 N–H and O–H groups in total. The Bertz CT molecular complexity index is 321. The van der Waals surface area contributed by atoms with Gasteiger partial charge in [-0.25, -0.2) is 0 Å². The summed E-state index contributed by atoms with van der Waals surface area (Å²) in [4.78, 5) is 11.0. The van der Waals surface area contributed by atoms with Crippen molar-refractivity contribution in [2.24, 2.45) is 0 Å². The van der Waals surface area contributed by atoms with Gasteiger partial charge >= 0.3 is 0 Å². The lowest BCUT2D eigenvalue weighted by molar-refractivity contribution is 0.0785. The molecule has 0 bridgehead atoms. The number of Topliss-reactive ketones (excluding diaryl/α,β-unsaturated/α-hetero) is 1. The van der Waals surface area contributed by atoms with Gasteiger partial charge in [-0.1, -0.05) is 18.2 Å². The second-order valence-electron chi connectivity index (χ2n) is 3.70. The third-order valence-corrected chi connectivity index (χ3v) is 1.98. The first-order valence-electron chi connectivity index (χ1n) is 4.25. The highest BCUT2D eigenvalue weighted by Gasteiger charge is 2.16. The van der Waals surface area contributed by atoms with Crippen LogP contribution in [0.2, 0.25) is 0 Å². The molecule has 0 atom stereocenters. The summed E-state index contributed by atoms with van der Waals surface area (Å²) in [5.41, 5.74) is 0.519. The third-order valence-electron chi connectivity index (χ3n) is 1.98. The standard InChI is InChI=1S/C11H14O2/c1-8(12)9-5-4-6-10(7-9)11(2,3)13/h4-7,13H,1-3H3. The second-order valence-corrected chi connectivity index (χ2v) is 3.70. The van der Waals surface area contributed by atoms with Crippen molar-refractivity contribution in [1.82, 2.24) is 0 Å². The molecule has 1 aromatic rings. The first kappa shape index (κ1) is 9.93. The van der Waals surface area contributed by atoms with Gasteiger partial charge in [-0.05, 0) is 32.4 Å². The van der Waals surface area contributed by atoms with Gasteiger partial charge in [0, 0.05) is 5.56 Å². The first-order valence-corrected chi connectivity index (χ1v) is 4.25. The lowest BCUT2D eigenvalue weighted by Gasteiger charge is -2.17. The average molecular weight is 178 g/mol. The minimum atomic E-state index is -0.883. The molecule has 0 aliphatic carbocycles. The van der Waals surface area contributed by atoms with Gasteiger partial charge in [0.25, 0.3) is 0 Å². The molecule has 0 aromatic heterocycles. The van der Waals surface area contributed by atoms with E-state index in [0.29, 0.717) is 5.56 Å². The molecule has 1 rings (SSSR count). The van der Waals surface area contributed by atoms with Gasteiger partial charge in [0.15, 0.2) is 5.78 Å². The number of carbonyl (C=O) groups is 1. The largest absolute Gasteiger partial charge is 0.386 e. The van der Waals surface area contributed by atoms with Crippen LogP contribution < -0.4 is 0 Å². The van der Waals surface area contributed by atoms with Crippen molar-refractivity contribution in [2.45, 2.75) is 26.4 Å². The molecule has 0 heterocycles. The zero-order valence-corrected chi connectivity index (χ0v) is 8.16. The van der Waals surface area contributed by atoms with Crippen LogP contribution in [-0.2, 0) is 5.60 Å². The first-order chi connectivity index (χ1) is 5.91. The molecule has 13 heavy (non-hydrogen) atoms. The Morgan fingerprint density at radius 2 is 2.00 bits per heavy atom. The Balaban J connectivity index is 3.13. The fourth-order valence-electron chi connectivity index (χ4n) is 1.12. The van der Waals surface area contributed by atoms with Crippen molar-refractivity contribution >= 4 is 5.78 Å². The molecular formula is C11H14O2. The van der Waals surface area contributed by atoms with Gasteiger partial charge in [-0.3, -0.25) is 4.79 Å². The van der Waals surface area contributed by atoms with Crippen molar-refractivity contribution in [3.63, 3.8) is 0 Å². The van der Waals surface area contributed by atoms with Crippen LogP contribution in [-0.4, -0.2) is 10.9 Å². The molecule has 0 saturated heterocycles. The van der Waals surface area contributed by atoms with Crippen LogP contribution in [0.15, 0.2) is 24.3 Å². The van der Waals surface area contributed by atoms with Gasteiger partial charge in [-0.2, -0.15) is 0 Å². The van der Waals surface area contributed by atoms with Gasteiger partial charge in [0.05, 0.1) is 5.60 Å². The van der Waals surface area contributed by atoms with Crippen LogP contribution in [0.25, 0.3) is 0 Å². The zero-order valence-electron chi connectivity index (χ0n) is 8.16. The molecule has 0 unspecified atom stereocenters. The average Bonchev–Trinajstić information content (AvgIpc) is 2.03. The molecule has 2 nitrogen and oxygen atoms in total. The maximum atomic E-state index is 11.0. The fraction of sp³-hybridized carbons (Fsp3) is 0.364. The highest BCUT2D eigenvalue weighted by atomic mass is 16.3. The normalized spacial score (nSPS) is 11.4. The summed E-state index contributed by atoms with van der Waals surface area (Å²) in [6.07, 6.45) is 0. The van der Waals surface area contributed by atoms with Crippen LogP contribution in [0.4, 0.5) is 0 Å². The molecule has 2 heteroatoms. The van der Waals surface area contributed by atoms with E-state index < -0.39 is 5.60 Å². The maximum Gasteiger partial charge on any atom is 0.159 e. The van der Waals surface area contributed by atoms with Gasteiger partial charge in [-0.15, -0.1) is 0 Å². The predicted octanol–water partition coefficient (Wildman–Crippen LogP) is 2.12. The highest BCUT2D eigenvalue weighted by molar-refractivity contribution is 5.94. The van der Waals surface area contributed by atoms with E-state index in [4.69, 9.17) is 0 Å². The molecule has 0 saturated carbocycles. The molecule has 0 amide bonds. The van der Waals surface area contributed by atoms with Crippen molar-refractivity contribution in [2.75, 3.05) is 0 Å². The summed E-state index contributed by atoms with van der Waals surface area (Å²) < 4.78 is 0. The van der Waals surface area contributed by atoms with Crippen molar-refractivity contribution in [3.8, 4) is 0 Å². The summed E-state index contributed by atoms with van der Waals surface area (Å²) in [7, 11) is 0. The SMILES string of the molecule is CC(=O)c1cccc(C(C)(C)O)c1. The highest BCUT2D eigenvalue weighted by Crippen LogP contribution is 2.20. The van der Waals surface area contributed by atoms with E-state index in [0.717, 1.165) is 5.56 Å². The summed E-state index contributed by atoms with van der Waals surface area (Å²) in [5, 5.41) is 9.68. The Kier molecular flexibility index (Phi) is 2.52. The third kappa shape index (κ3) is 2.39. The van der Waals surface area contributed by atoms with E-state index >= 15 is 0 Å². The minimum absolute atomic E-state index is 0.0195. The lowest BCUT2D eigenvalue weighted by Crippen LogP contribution is -2.15. The van der Waals surface area contributed by atoms with E-state index in [9.17, 15) is 9.90 Å². The molecule has 0 aliphatic heterocycles. The van der Waals surface area contributed by atoms with Gasteiger partial charge in [0.1, 0.15) is 0 Å². The van der Waals surface area contributed by atoms with Crippen LogP contribution in [0.3, 0.4) is 0 Å². The van der Waals surface area contributed by atoms with Crippen LogP contribution in [0.1, 0.15) is 36.7 Å². The summed E-state index contributed by atoms with van der Waals surface area (Å²) in [5.74, 6) is 0.0195. The van der Waals surface area contributed by atoms with Gasteiger partial charge in [0.2, 0.25) is 0 Å².